The van der Waals surface area contributed by atoms with Crippen molar-refractivity contribution >= 4 is 34.8 Å². The van der Waals surface area contributed by atoms with Crippen LogP contribution >= 0.6 is 23.2 Å². The SMILES string of the molecule is CC(C)C(CCN)CCC(=O)Nc1cccc(Cl)c1Cl. The van der Waals surface area contributed by atoms with Gasteiger partial charge in [0.25, 0.3) is 0 Å². The van der Waals surface area contributed by atoms with E-state index in [1.165, 1.54) is 0 Å². The maximum absolute atomic E-state index is 12.0. The van der Waals surface area contributed by atoms with Crippen LogP contribution in [0.3, 0.4) is 0 Å². The van der Waals surface area contributed by atoms with Crippen LogP contribution in [0.15, 0.2) is 18.2 Å². The number of amides is 1. The molecule has 0 bridgehead atoms. The van der Waals surface area contributed by atoms with Crippen molar-refractivity contribution in [1.29, 1.82) is 0 Å². The monoisotopic (exact) mass is 316 g/mol. The molecule has 0 aliphatic carbocycles. The molecule has 1 aromatic rings. The van der Waals surface area contributed by atoms with Gasteiger partial charge in [-0.1, -0.05) is 43.1 Å². The molecule has 1 unspecified atom stereocenters. The van der Waals surface area contributed by atoms with Crippen LogP contribution in [-0.2, 0) is 4.79 Å². The van der Waals surface area contributed by atoms with Crippen LogP contribution in [-0.4, -0.2) is 12.5 Å². The van der Waals surface area contributed by atoms with Crippen molar-refractivity contribution in [3.8, 4) is 0 Å². The Morgan fingerprint density at radius 3 is 2.60 bits per heavy atom. The highest BCUT2D eigenvalue weighted by Crippen LogP contribution is 2.30. The van der Waals surface area contributed by atoms with Gasteiger partial charge in [-0.3, -0.25) is 4.79 Å². The van der Waals surface area contributed by atoms with E-state index in [9.17, 15) is 4.79 Å². The predicted octanol–water partition coefficient (Wildman–Crippen LogP) is 4.33. The number of carbonyl (C=O) groups is 1. The van der Waals surface area contributed by atoms with E-state index in [4.69, 9.17) is 28.9 Å². The van der Waals surface area contributed by atoms with Crippen LogP contribution < -0.4 is 11.1 Å². The van der Waals surface area contributed by atoms with Crippen molar-refractivity contribution in [2.24, 2.45) is 17.6 Å². The van der Waals surface area contributed by atoms with Gasteiger partial charge in [0.2, 0.25) is 5.91 Å². The number of nitrogens with one attached hydrogen (secondary N) is 1. The van der Waals surface area contributed by atoms with Crippen LogP contribution in [0.5, 0.6) is 0 Å². The number of benzene rings is 1. The fraction of sp³-hybridized carbons (Fsp3) is 0.533. The van der Waals surface area contributed by atoms with E-state index in [-0.39, 0.29) is 5.91 Å². The summed E-state index contributed by atoms with van der Waals surface area (Å²) in [6, 6.07) is 5.19. The Balaban J connectivity index is 2.53. The van der Waals surface area contributed by atoms with Gasteiger partial charge in [0.1, 0.15) is 0 Å². The molecule has 5 heteroatoms. The summed E-state index contributed by atoms with van der Waals surface area (Å²) in [6.45, 7) is 4.97. The van der Waals surface area contributed by atoms with Crippen molar-refractivity contribution in [2.45, 2.75) is 33.1 Å². The van der Waals surface area contributed by atoms with Crippen molar-refractivity contribution in [3.05, 3.63) is 28.2 Å². The second kappa shape index (κ2) is 8.50. The lowest BCUT2D eigenvalue weighted by Crippen LogP contribution is -2.18. The Bertz CT molecular complexity index is 449. The number of nitrogens with two attached hydrogens (primary N) is 1. The minimum absolute atomic E-state index is 0.0446. The van der Waals surface area contributed by atoms with E-state index in [1.54, 1.807) is 18.2 Å². The maximum Gasteiger partial charge on any atom is 0.224 e. The zero-order valence-corrected chi connectivity index (χ0v) is 13.5. The number of hydrogen-bond acceptors (Lipinski definition) is 2. The van der Waals surface area contributed by atoms with E-state index in [1.807, 2.05) is 0 Å². The zero-order valence-electron chi connectivity index (χ0n) is 12.0. The number of rotatable bonds is 7. The molecule has 1 amide bonds. The summed E-state index contributed by atoms with van der Waals surface area (Å²) in [6.07, 6.45) is 2.24. The fourth-order valence-corrected chi connectivity index (χ4v) is 2.50. The maximum atomic E-state index is 12.0. The lowest BCUT2D eigenvalue weighted by molar-refractivity contribution is -0.116. The standard InChI is InChI=1S/C15H22Cl2N2O/c1-10(2)11(8-9-18)6-7-14(20)19-13-5-3-4-12(16)15(13)17/h3-5,10-11H,6-9,18H2,1-2H3,(H,19,20). The highest BCUT2D eigenvalue weighted by molar-refractivity contribution is 6.43. The average molecular weight is 317 g/mol. The first-order valence-electron chi connectivity index (χ1n) is 6.89. The summed E-state index contributed by atoms with van der Waals surface area (Å²) in [4.78, 5) is 12.0. The first-order valence-corrected chi connectivity index (χ1v) is 7.65. The number of hydrogen-bond donors (Lipinski definition) is 2. The summed E-state index contributed by atoms with van der Waals surface area (Å²) in [7, 11) is 0. The minimum Gasteiger partial charge on any atom is -0.330 e. The first kappa shape index (κ1) is 17.3. The topological polar surface area (TPSA) is 55.1 Å². The van der Waals surface area contributed by atoms with E-state index in [0.717, 1.165) is 12.8 Å². The fourth-order valence-electron chi connectivity index (χ4n) is 2.15. The quantitative estimate of drug-likeness (QED) is 0.786. The summed E-state index contributed by atoms with van der Waals surface area (Å²) < 4.78 is 0. The van der Waals surface area contributed by atoms with Gasteiger partial charge < -0.3 is 11.1 Å². The summed E-state index contributed by atoms with van der Waals surface area (Å²) >= 11 is 11.9. The molecule has 0 spiro atoms. The Hall–Kier alpha value is -0.770. The Morgan fingerprint density at radius 2 is 2.00 bits per heavy atom. The second-order valence-corrected chi connectivity index (χ2v) is 6.05. The molecule has 3 N–H and O–H groups in total. The molecule has 20 heavy (non-hydrogen) atoms. The molecule has 0 radical (unpaired) electrons. The number of anilines is 1. The Kier molecular flexibility index (Phi) is 7.35. The van der Waals surface area contributed by atoms with Crippen molar-refractivity contribution < 1.29 is 4.79 Å². The molecule has 0 saturated carbocycles. The number of halogens is 2. The van der Waals surface area contributed by atoms with Gasteiger partial charge in [0.05, 0.1) is 15.7 Å². The van der Waals surface area contributed by atoms with Crippen molar-refractivity contribution in [3.63, 3.8) is 0 Å². The molecule has 112 valence electrons. The third kappa shape index (κ3) is 5.31. The lowest BCUT2D eigenvalue weighted by atomic mass is 9.88. The molecule has 0 heterocycles. The number of carbonyl (C=O) groups excluding carboxylic acids is 1. The summed E-state index contributed by atoms with van der Waals surface area (Å²) in [5.41, 5.74) is 6.16. The molecule has 3 nitrogen and oxygen atoms in total. The molecule has 0 saturated heterocycles. The molecular weight excluding hydrogens is 295 g/mol. The zero-order chi connectivity index (χ0) is 15.1. The highest BCUT2D eigenvalue weighted by Gasteiger charge is 2.15. The average Bonchev–Trinajstić information content (AvgIpc) is 2.39. The van der Waals surface area contributed by atoms with Crippen molar-refractivity contribution in [1.82, 2.24) is 0 Å². The normalized spacial score (nSPS) is 12.5. The van der Waals surface area contributed by atoms with E-state index in [2.05, 4.69) is 19.2 Å². The van der Waals surface area contributed by atoms with Crippen molar-refractivity contribution in [2.75, 3.05) is 11.9 Å². The second-order valence-electron chi connectivity index (χ2n) is 5.27. The third-order valence-corrected chi connectivity index (χ3v) is 4.27. The van der Waals surface area contributed by atoms with Gasteiger partial charge in [0.15, 0.2) is 0 Å². The van der Waals surface area contributed by atoms with Crippen LogP contribution in [0.4, 0.5) is 5.69 Å². The third-order valence-electron chi connectivity index (χ3n) is 3.45. The van der Waals surface area contributed by atoms with Crippen LogP contribution in [0.2, 0.25) is 10.0 Å². The molecule has 0 fully saturated rings. The van der Waals surface area contributed by atoms with Crippen LogP contribution in [0.1, 0.15) is 33.1 Å². The Labute approximate surface area is 130 Å². The predicted molar refractivity (Wildman–Crippen MR) is 86.3 cm³/mol. The van der Waals surface area contributed by atoms with Gasteiger partial charge in [-0.15, -0.1) is 0 Å². The first-order chi connectivity index (χ1) is 9.45. The van der Waals surface area contributed by atoms with E-state index in [0.29, 0.717) is 40.5 Å². The lowest BCUT2D eigenvalue weighted by Gasteiger charge is -2.19. The van der Waals surface area contributed by atoms with Gasteiger partial charge in [-0.2, -0.15) is 0 Å². The minimum atomic E-state index is -0.0446. The molecule has 0 aliphatic heterocycles. The van der Waals surface area contributed by atoms with Crippen LogP contribution in [0, 0.1) is 11.8 Å². The molecule has 0 aliphatic rings. The molecule has 1 atom stereocenters. The Morgan fingerprint density at radius 1 is 1.30 bits per heavy atom. The van der Waals surface area contributed by atoms with E-state index < -0.39 is 0 Å². The summed E-state index contributed by atoms with van der Waals surface area (Å²) in [5.74, 6) is 0.957. The molecular formula is C15H22Cl2N2O. The molecule has 0 aromatic heterocycles. The van der Waals surface area contributed by atoms with Gasteiger partial charge >= 0.3 is 0 Å². The molecule has 1 aromatic carbocycles. The molecule has 1 rings (SSSR count). The van der Waals surface area contributed by atoms with Gasteiger partial charge in [-0.05, 0) is 43.4 Å². The van der Waals surface area contributed by atoms with Gasteiger partial charge in [-0.25, -0.2) is 0 Å². The van der Waals surface area contributed by atoms with E-state index >= 15 is 0 Å². The smallest absolute Gasteiger partial charge is 0.224 e. The summed E-state index contributed by atoms with van der Waals surface area (Å²) in [5, 5.41) is 3.62. The largest absolute Gasteiger partial charge is 0.330 e. The van der Waals surface area contributed by atoms with Gasteiger partial charge in [0, 0.05) is 6.42 Å². The van der Waals surface area contributed by atoms with Crippen LogP contribution in [0.25, 0.3) is 0 Å². The highest BCUT2D eigenvalue weighted by atomic mass is 35.5.